The fourth-order valence-electron chi connectivity index (χ4n) is 7.40. The third kappa shape index (κ3) is 6.03. The van der Waals surface area contributed by atoms with Crippen molar-refractivity contribution in [2.75, 3.05) is 0 Å². The van der Waals surface area contributed by atoms with Crippen molar-refractivity contribution in [1.82, 2.24) is 0 Å². The molecular formula is C30H50O3. The van der Waals surface area contributed by atoms with Crippen LogP contribution in [0.25, 0.3) is 0 Å². The number of aliphatic hydroxyl groups excluding tert-OH is 2. The molecule has 188 valence electrons. The minimum absolute atomic E-state index is 0.387. The number of rotatable bonds is 9. The van der Waals surface area contributed by atoms with E-state index in [1.54, 1.807) is 5.57 Å². The molecule has 6 atom stereocenters. The van der Waals surface area contributed by atoms with Gasteiger partial charge in [0.1, 0.15) is 0 Å². The first kappa shape index (κ1) is 26.7. The van der Waals surface area contributed by atoms with Crippen molar-refractivity contribution in [3.8, 4) is 0 Å². The Morgan fingerprint density at radius 3 is 2.58 bits per heavy atom. The average molecular weight is 459 g/mol. The second-order valence-corrected chi connectivity index (χ2v) is 11.8. The van der Waals surface area contributed by atoms with Gasteiger partial charge in [0.25, 0.3) is 0 Å². The van der Waals surface area contributed by atoms with Crippen LogP contribution in [-0.2, 0) is 0 Å². The quantitative estimate of drug-likeness (QED) is 0.330. The third-order valence-corrected chi connectivity index (χ3v) is 9.86. The lowest BCUT2D eigenvalue weighted by atomic mass is 9.60. The van der Waals surface area contributed by atoms with Gasteiger partial charge in [-0.2, -0.15) is 0 Å². The van der Waals surface area contributed by atoms with Gasteiger partial charge in [-0.05, 0) is 92.1 Å². The summed E-state index contributed by atoms with van der Waals surface area (Å²) in [6, 6.07) is 0. The lowest BCUT2D eigenvalue weighted by molar-refractivity contribution is 0.0202. The highest BCUT2D eigenvalue weighted by Crippen LogP contribution is 2.60. The Kier molecular flexibility index (Phi) is 9.08. The van der Waals surface area contributed by atoms with E-state index < -0.39 is 17.8 Å². The van der Waals surface area contributed by atoms with Crippen molar-refractivity contribution in [2.45, 2.75) is 129 Å². The van der Waals surface area contributed by atoms with Gasteiger partial charge in [-0.1, -0.05) is 71.3 Å². The standard InChI is InChI=1S/C30H50O3/c1-6-30(33,7-2)18-9-8-11-21(3)26-15-16-27-23(12-10-17-29(26,27)5)13-14-24-19-25(31)20-28(32)22(24)4/h13-14,21,25-28,31-33H,4,6-12,15-20H2,1-3,5H3/b23-13+,24-14+/t21-,25+,26+,27-,28-,29+/m0/s1. The second kappa shape index (κ2) is 11.2. The smallest absolute Gasteiger partial charge is 0.0811 e. The van der Waals surface area contributed by atoms with Gasteiger partial charge in [-0.25, -0.2) is 0 Å². The van der Waals surface area contributed by atoms with Gasteiger partial charge in [-0.15, -0.1) is 0 Å². The second-order valence-electron chi connectivity index (χ2n) is 11.8. The van der Waals surface area contributed by atoms with E-state index in [0.717, 1.165) is 48.7 Å². The van der Waals surface area contributed by atoms with E-state index in [9.17, 15) is 15.3 Å². The lowest BCUT2D eigenvalue weighted by Crippen LogP contribution is -2.36. The SMILES string of the molecule is C=C1/C(=C/C=C2\CCC[C@]3(C)[C@@H]([C@@H](C)CCCCC(O)(CC)CC)CC[C@@H]23)C[C@@H](O)C[C@@H]1O. The summed E-state index contributed by atoms with van der Waals surface area (Å²) in [6.45, 7) is 13.3. The Bertz CT molecular complexity index is 731. The van der Waals surface area contributed by atoms with Crippen LogP contribution in [0.2, 0.25) is 0 Å². The highest BCUT2D eigenvalue weighted by Gasteiger charge is 2.50. The predicted octanol–water partition coefficient (Wildman–Crippen LogP) is 6.88. The fourth-order valence-corrected chi connectivity index (χ4v) is 7.40. The first-order valence-corrected chi connectivity index (χ1v) is 13.8. The van der Waals surface area contributed by atoms with Crippen molar-refractivity contribution in [3.05, 3.63) is 35.5 Å². The van der Waals surface area contributed by atoms with Gasteiger partial charge >= 0.3 is 0 Å². The van der Waals surface area contributed by atoms with Crippen LogP contribution in [-0.4, -0.2) is 33.1 Å². The van der Waals surface area contributed by atoms with Crippen molar-refractivity contribution >= 4 is 0 Å². The van der Waals surface area contributed by atoms with E-state index in [1.165, 1.54) is 44.9 Å². The number of fused-ring (bicyclic) bond motifs is 1. The fraction of sp³-hybridized carbons (Fsp3) is 0.800. The van der Waals surface area contributed by atoms with Crippen molar-refractivity contribution in [1.29, 1.82) is 0 Å². The minimum Gasteiger partial charge on any atom is -0.393 e. The van der Waals surface area contributed by atoms with Crippen molar-refractivity contribution < 1.29 is 15.3 Å². The summed E-state index contributed by atoms with van der Waals surface area (Å²) in [4.78, 5) is 0. The van der Waals surface area contributed by atoms with Gasteiger partial charge in [0.2, 0.25) is 0 Å². The summed E-state index contributed by atoms with van der Waals surface area (Å²) in [5.74, 6) is 2.17. The summed E-state index contributed by atoms with van der Waals surface area (Å²) >= 11 is 0. The van der Waals surface area contributed by atoms with Crippen LogP contribution < -0.4 is 0 Å². The summed E-state index contributed by atoms with van der Waals surface area (Å²) in [5, 5.41) is 30.8. The largest absolute Gasteiger partial charge is 0.393 e. The van der Waals surface area contributed by atoms with Crippen LogP contribution >= 0.6 is 0 Å². The minimum atomic E-state index is -0.614. The maximum Gasteiger partial charge on any atom is 0.0811 e. The van der Waals surface area contributed by atoms with Gasteiger partial charge in [0, 0.05) is 6.42 Å². The van der Waals surface area contributed by atoms with Gasteiger partial charge < -0.3 is 15.3 Å². The van der Waals surface area contributed by atoms with E-state index in [1.807, 2.05) is 0 Å². The van der Waals surface area contributed by atoms with Crippen LogP contribution in [0.4, 0.5) is 0 Å². The molecule has 0 aromatic rings. The first-order valence-electron chi connectivity index (χ1n) is 13.8. The molecule has 0 bridgehead atoms. The van der Waals surface area contributed by atoms with E-state index in [0.29, 0.717) is 24.2 Å². The third-order valence-electron chi connectivity index (χ3n) is 9.86. The van der Waals surface area contributed by atoms with Crippen LogP contribution in [0.3, 0.4) is 0 Å². The summed E-state index contributed by atoms with van der Waals surface area (Å²) < 4.78 is 0. The molecule has 3 aliphatic rings. The van der Waals surface area contributed by atoms with E-state index in [2.05, 4.69) is 46.4 Å². The van der Waals surface area contributed by atoms with E-state index in [-0.39, 0.29) is 0 Å². The van der Waals surface area contributed by atoms with Gasteiger partial charge in [0.15, 0.2) is 0 Å². The average Bonchev–Trinajstić information content (AvgIpc) is 3.15. The molecule has 0 heterocycles. The molecule has 33 heavy (non-hydrogen) atoms. The molecule has 0 unspecified atom stereocenters. The molecule has 0 radical (unpaired) electrons. The molecule has 0 spiro atoms. The Labute approximate surface area is 203 Å². The highest BCUT2D eigenvalue weighted by atomic mass is 16.3. The molecule has 0 aromatic heterocycles. The maximum atomic E-state index is 10.6. The Morgan fingerprint density at radius 1 is 1.15 bits per heavy atom. The molecular weight excluding hydrogens is 408 g/mol. The molecule has 3 fully saturated rings. The van der Waals surface area contributed by atoms with Crippen LogP contribution in [0.5, 0.6) is 0 Å². The highest BCUT2D eigenvalue weighted by molar-refractivity contribution is 5.38. The van der Waals surface area contributed by atoms with Gasteiger partial charge in [0.05, 0.1) is 17.8 Å². The Hall–Kier alpha value is -0.900. The molecule has 0 aromatic carbocycles. The number of hydrogen-bond acceptors (Lipinski definition) is 3. The van der Waals surface area contributed by atoms with E-state index in [4.69, 9.17) is 0 Å². The number of allylic oxidation sites excluding steroid dienone is 3. The van der Waals surface area contributed by atoms with E-state index >= 15 is 0 Å². The number of unbranched alkanes of at least 4 members (excludes halogenated alkanes) is 1. The van der Waals surface area contributed by atoms with Crippen LogP contribution in [0.15, 0.2) is 35.5 Å². The predicted molar refractivity (Wildman–Crippen MR) is 138 cm³/mol. The van der Waals surface area contributed by atoms with Crippen LogP contribution in [0.1, 0.15) is 111 Å². The molecule has 0 saturated heterocycles. The molecule has 3 heteroatoms. The number of aliphatic hydroxyl groups is 3. The summed E-state index contributed by atoms with van der Waals surface area (Å²) in [7, 11) is 0. The zero-order valence-corrected chi connectivity index (χ0v) is 21.8. The lowest BCUT2D eigenvalue weighted by Gasteiger charge is -2.44. The Balaban J connectivity index is 1.62. The first-order chi connectivity index (χ1) is 15.6. The Morgan fingerprint density at radius 2 is 1.88 bits per heavy atom. The van der Waals surface area contributed by atoms with Crippen molar-refractivity contribution in [2.24, 2.45) is 23.2 Å². The zero-order chi connectivity index (χ0) is 24.2. The zero-order valence-electron chi connectivity index (χ0n) is 21.8. The maximum absolute atomic E-state index is 10.6. The monoisotopic (exact) mass is 458 g/mol. The molecule has 0 amide bonds. The molecule has 3 aliphatic carbocycles. The van der Waals surface area contributed by atoms with Crippen molar-refractivity contribution in [3.63, 3.8) is 0 Å². The topological polar surface area (TPSA) is 60.7 Å². The molecule has 3 rings (SSSR count). The summed E-state index contributed by atoms with van der Waals surface area (Å²) in [5.41, 5.74) is 3.30. The molecule has 3 saturated carbocycles. The van der Waals surface area contributed by atoms with Crippen LogP contribution in [0, 0.1) is 23.2 Å². The number of hydrogen-bond donors (Lipinski definition) is 3. The summed E-state index contributed by atoms with van der Waals surface area (Å²) in [6.07, 6.45) is 17.1. The van der Waals surface area contributed by atoms with Gasteiger partial charge in [-0.3, -0.25) is 0 Å². The molecule has 0 aliphatic heterocycles. The normalized spacial score (nSPS) is 36.4. The molecule has 3 nitrogen and oxygen atoms in total. The molecule has 3 N–H and O–H groups in total.